The molecule has 1 atom stereocenters. The molecular weight excluding hydrogens is 165 g/mol. The summed E-state index contributed by atoms with van der Waals surface area (Å²) < 4.78 is 12.8. The Labute approximate surface area is 78.0 Å². The molecule has 2 rings (SSSR count). The number of nitrogens with one attached hydrogen (secondary N) is 1. The molecular formula is C11H14FN. The van der Waals surface area contributed by atoms with E-state index in [0.717, 1.165) is 30.5 Å². The standard InChI is InChI=1S/C11H14FN/c1-2-10-5-3-8-7-9(12)4-6-11(8)13-10/h4,6-7,10,13H,2-3,5H2,1H3/t10-/m0/s1. The predicted molar refractivity (Wildman–Crippen MR) is 52.4 cm³/mol. The van der Waals surface area contributed by atoms with Gasteiger partial charge in [0.15, 0.2) is 0 Å². The molecule has 0 fully saturated rings. The SMILES string of the molecule is CC[C@H]1CCc2cc(F)ccc2N1. The molecule has 1 nitrogen and oxygen atoms in total. The zero-order chi connectivity index (χ0) is 9.26. The van der Waals surface area contributed by atoms with Crippen molar-refractivity contribution >= 4 is 5.69 Å². The summed E-state index contributed by atoms with van der Waals surface area (Å²) in [5, 5.41) is 3.41. The van der Waals surface area contributed by atoms with Crippen LogP contribution >= 0.6 is 0 Å². The van der Waals surface area contributed by atoms with Gasteiger partial charge in [0.25, 0.3) is 0 Å². The van der Waals surface area contributed by atoms with Crippen molar-refractivity contribution < 1.29 is 4.39 Å². The summed E-state index contributed by atoms with van der Waals surface area (Å²) in [6, 6.07) is 5.56. The molecule has 0 aromatic heterocycles. The molecule has 13 heavy (non-hydrogen) atoms. The number of rotatable bonds is 1. The number of benzene rings is 1. The molecule has 0 saturated carbocycles. The lowest BCUT2D eigenvalue weighted by Crippen LogP contribution is -2.24. The molecule has 1 aromatic carbocycles. The monoisotopic (exact) mass is 179 g/mol. The van der Waals surface area contributed by atoms with Crippen LogP contribution in [0.25, 0.3) is 0 Å². The van der Waals surface area contributed by atoms with Crippen LogP contribution in [0.4, 0.5) is 10.1 Å². The summed E-state index contributed by atoms with van der Waals surface area (Å²) in [5.41, 5.74) is 2.23. The Morgan fingerprint density at radius 3 is 3.15 bits per heavy atom. The van der Waals surface area contributed by atoms with Gasteiger partial charge < -0.3 is 5.32 Å². The first kappa shape index (κ1) is 8.54. The van der Waals surface area contributed by atoms with E-state index in [-0.39, 0.29) is 5.82 Å². The predicted octanol–water partition coefficient (Wildman–Crippen LogP) is 2.96. The van der Waals surface area contributed by atoms with Crippen LogP contribution in [0.15, 0.2) is 18.2 Å². The highest BCUT2D eigenvalue weighted by Crippen LogP contribution is 2.26. The molecule has 1 aliphatic rings. The molecule has 1 aliphatic heterocycles. The van der Waals surface area contributed by atoms with Gasteiger partial charge in [-0.15, -0.1) is 0 Å². The molecule has 0 aliphatic carbocycles. The van der Waals surface area contributed by atoms with Crippen LogP contribution < -0.4 is 5.32 Å². The number of fused-ring (bicyclic) bond motifs is 1. The molecule has 0 saturated heterocycles. The topological polar surface area (TPSA) is 12.0 Å². The molecule has 1 N–H and O–H groups in total. The molecule has 0 bridgehead atoms. The summed E-state index contributed by atoms with van der Waals surface area (Å²) in [7, 11) is 0. The van der Waals surface area contributed by atoms with Gasteiger partial charge >= 0.3 is 0 Å². The first-order chi connectivity index (χ1) is 6.29. The van der Waals surface area contributed by atoms with E-state index in [0.29, 0.717) is 6.04 Å². The minimum Gasteiger partial charge on any atom is -0.382 e. The Kier molecular flexibility index (Phi) is 2.21. The van der Waals surface area contributed by atoms with Crippen molar-refractivity contribution in [1.82, 2.24) is 0 Å². The average molecular weight is 179 g/mol. The van der Waals surface area contributed by atoms with E-state index in [9.17, 15) is 4.39 Å². The molecule has 0 amide bonds. The van der Waals surface area contributed by atoms with E-state index in [2.05, 4.69) is 12.2 Å². The molecule has 1 aromatic rings. The summed E-state index contributed by atoms with van der Waals surface area (Å²) in [6.45, 7) is 2.17. The first-order valence-electron chi connectivity index (χ1n) is 4.84. The zero-order valence-corrected chi connectivity index (χ0v) is 7.81. The van der Waals surface area contributed by atoms with Crippen molar-refractivity contribution in [2.45, 2.75) is 32.2 Å². The summed E-state index contributed by atoms with van der Waals surface area (Å²) >= 11 is 0. The van der Waals surface area contributed by atoms with Crippen LogP contribution in [0.5, 0.6) is 0 Å². The Morgan fingerprint density at radius 1 is 1.54 bits per heavy atom. The maximum Gasteiger partial charge on any atom is 0.123 e. The van der Waals surface area contributed by atoms with Gasteiger partial charge in [-0.2, -0.15) is 0 Å². The molecule has 2 heteroatoms. The second kappa shape index (κ2) is 3.36. The van der Waals surface area contributed by atoms with E-state index >= 15 is 0 Å². The summed E-state index contributed by atoms with van der Waals surface area (Å²) in [6.07, 6.45) is 3.25. The highest BCUT2D eigenvalue weighted by molar-refractivity contribution is 5.53. The third-order valence-electron chi connectivity index (χ3n) is 2.68. The van der Waals surface area contributed by atoms with Crippen LogP contribution in [0.2, 0.25) is 0 Å². The second-order valence-corrected chi connectivity index (χ2v) is 3.59. The van der Waals surface area contributed by atoms with Crippen molar-refractivity contribution in [3.63, 3.8) is 0 Å². The second-order valence-electron chi connectivity index (χ2n) is 3.59. The molecule has 0 radical (unpaired) electrons. The largest absolute Gasteiger partial charge is 0.382 e. The van der Waals surface area contributed by atoms with Gasteiger partial charge in [0, 0.05) is 11.7 Å². The van der Waals surface area contributed by atoms with Crippen molar-refractivity contribution in [2.75, 3.05) is 5.32 Å². The van der Waals surface area contributed by atoms with Gasteiger partial charge in [-0.05, 0) is 43.0 Å². The normalized spacial score (nSPS) is 20.6. The van der Waals surface area contributed by atoms with Gasteiger partial charge in [-0.25, -0.2) is 4.39 Å². The number of aryl methyl sites for hydroxylation is 1. The lowest BCUT2D eigenvalue weighted by atomic mass is 9.97. The van der Waals surface area contributed by atoms with Crippen molar-refractivity contribution in [2.24, 2.45) is 0 Å². The molecule has 70 valence electrons. The van der Waals surface area contributed by atoms with Crippen molar-refractivity contribution in [3.05, 3.63) is 29.6 Å². The van der Waals surface area contributed by atoms with Crippen molar-refractivity contribution in [1.29, 1.82) is 0 Å². The minimum absolute atomic E-state index is 0.129. The Hall–Kier alpha value is -1.05. The van der Waals surface area contributed by atoms with Gasteiger partial charge in [-0.3, -0.25) is 0 Å². The lowest BCUT2D eigenvalue weighted by Gasteiger charge is -2.25. The average Bonchev–Trinajstić information content (AvgIpc) is 2.17. The van der Waals surface area contributed by atoms with Crippen LogP contribution in [-0.2, 0) is 6.42 Å². The number of hydrogen-bond donors (Lipinski definition) is 1. The zero-order valence-electron chi connectivity index (χ0n) is 7.81. The minimum atomic E-state index is -0.129. The molecule has 0 spiro atoms. The fourth-order valence-electron chi connectivity index (χ4n) is 1.84. The fourth-order valence-corrected chi connectivity index (χ4v) is 1.84. The third-order valence-corrected chi connectivity index (χ3v) is 2.68. The van der Waals surface area contributed by atoms with Gasteiger partial charge in [0.05, 0.1) is 0 Å². The van der Waals surface area contributed by atoms with E-state index in [1.165, 1.54) is 6.07 Å². The highest BCUT2D eigenvalue weighted by atomic mass is 19.1. The quantitative estimate of drug-likeness (QED) is 0.698. The lowest BCUT2D eigenvalue weighted by molar-refractivity contribution is 0.598. The smallest absolute Gasteiger partial charge is 0.123 e. The summed E-state index contributed by atoms with van der Waals surface area (Å²) in [5.74, 6) is -0.129. The van der Waals surface area contributed by atoms with Crippen LogP contribution in [0, 0.1) is 5.82 Å². The highest BCUT2D eigenvalue weighted by Gasteiger charge is 2.15. The molecule has 1 heterocycles. The first-order valence-corrected chi connectivity index (χ1v) is 4.84. The van der Waals surface area contributed by atoms with Crippen LogP contribution in [0.1, 0.15) is 25.3 Å². The Morgan fingerprint density at radius 2 is 2.38 bits per heavy atom. The maximum atomic E-state index is 12.8. The number of halogens is 1. The Bertz CT molecular complexity index is 309. The van der Waals surface area contributed by atoms with E-state index < -0.39 is 0 Å². The molecule has 0 unspecified atom stereocenters. The van der Waals surface area contributed by atoms with Crippen LogP contribution in [-0.4, -0.2) is 6.04 Å². The third kappa shape index (κ3) is 1.67. The fraction of sp³-hybridized carbons (Fsp3) is 0.455. The van der Waals surface area contributed by atoms with E-state index in [4.69, 9.17) is 0 Å². The summed E-state index contributed by atoms with van der Waals surface area (Å²) in [4.78, 5) is 0. The Balaban J connectivity index is 2.26. The van der Waals surface area contributed by atoms with Gasteiger partial charge in [0.2, 0.25) is 0 Å². The van der Waals surface area contributed by atoms with E-state index in [1.807, 2.05) is 6.07 Å². The maximum absolute atomic E-state index is 12.8. The number of hydrogen-bond acceptors (Lipinski definition) is 1. The van der Waals surface area contributed by atoms with Gasteiger partial charge in [-0.1, -0.05) is 6.92 Å². The van der Waals surface area contributed by atoms with Crippen molar-refractivity contribution in [3.8, 4) is 0 Å². The number of anilines is 1. The van der Waals surface area contributed by atoms with E-state index in [1.54, 1.807) is 6.07 Å². The van der Waals surface area contributed by atoms with Crippen LogP contribution in [0.3, 0.4) is 0 Å². The van der Waals surface area contributed by atoms with Gasteiger partial charge in [0.1, 0.15) is 5.82 Å².